The number of aromatic nitrogens is 2. The van der Waals surface area contributed by atoms with Gasteiger partial charge in [-0.2, -0.15) is 4.98 Å². The Morgan fingerprint density at radius 1 is 1.29 bits per heavy atom. The van der Waals surface area contributed by atoms with Crippen LogP contribution in [0.3, 0.4) is 0 Å². The largest absolute Gasteiger partial charge is 0.339 e. The molecule has 2 atom stereocenters. The number of nitrogens with zero attached hydrogens (tertiary/aromatic N) is 2. The van der Waals surface area contributed by atoms with Crippen molar-refractivity contribution >= 4 is 0 Å². The minimum atomic E-state index is 0.166. The van der Waals surface area contributed by atoms with E-state index >= 15 is 0 Å². The molecule has 1 heterocycles. The first-order valence-corrected chi connectivity index (χ1v) is 7.91. The molecule has 1 N–H and O–H groups in total. The van der Waals surface area contributed by atoms with E-state index in [1.54, 1.807) is 0 Å². The molecule has 2 aromatic rings. The molecule has 1 aliphatic carbocycles. The molecule has 1 fully saturated rings. The van der Waals surface area contributed by atoms with Crippen molar-refractivity contribution in [2.75, 3.05) is 6.54 Å². The molecule has 0 bridgehead atoms. The van der Waals surface area contributed by atoms with Crippen LogP contribution in [0.4, 0.5) is 0 Å². The zero-order valence-electron chi connectivity index (χ0n) is 12.7. The minimum Gasteiger partial charge on any atom is -0.339 e. The smallest absolute Gasteiger partial charge is 0.231 e. The van der Waals surface area contributed by atoms with E-state index in [-0.39, 0.29) is 12.0 Å². The highest BCUT2D eigenvalue weighted by Gasteiger charge is 2.31. The van der Waals surface area contributed by atoms with Gasteiger partial charge in [-0.25, -0.2) is 0 Å². The summed E-state index contributed by atoms with van der Waals surface area (Å²) in [6.07, 6.45) is 3.50. The summed E-state index contributed by atoms with van der Waals surface area (Å²) in [6, 6.07) is 10.7. The summed E-state index contributed by atoms with van der Waals surface area (Å²) in [4.78, 5) is 4.61. The maximum absolute atomic E-state index is 5.51. The topological polar surface area (TPSA) is 51.0 Å². The zero-order valence-corrected chi connectivity index (χ0v) is 12.7. The van der Waals surface area contributed by atoms with E-state index in [2.05, 4.69) is 53.6 Å². The normalized spacial score (nSPS) is 17.6. The molecule has 1 aromatic carbocycles. The standard InChI is InChI=1S/C17H23N3O/c1-3-11-18-15(13-7-5-4-6-8-13)12(2)17-19-16(20-21-17)14-9-10-14/h4-8,12,14-15,18H,3,9-11H2,1-2H3. The van der Waals surface area contributed by atoms with Crippen LogP contribution in [0, 0.1) is 0 Å². The molecule has 1 aromatic heterocycles. The van der Waals surface area contributed by atoms with Gasteiger partial charge < -0.3 is 9.84 Å². The van der Waals surface area contributed by atoms with Crippen molar-refractivity contribution < 1.29 is 4.52 Å². The lowest BCUT2D eigenvalue weighted by atomic mass is 9.94. The summed E-state index contributed by atoms with van der Waals surface area (Å²) >= 11 is 0. The van der Waals surface area contributed by atoms with Gasteiger partial charge in [0.2, 0.25) is 5.89 Å². The van der Waals surface area contributed by atoms with Gasteiger partial charge in [0.1, 0.15) is 0 Å². The lowest BCUT2D eigenvalue weighted by Gasteiger charge is -2.23. The van der Waals surface area contributed by atoms with E-state index in [9.17, 15) is 0 Å². The number of nitrogens with one attached hydrogen (secondary N) is 1. The Bertz CT molecular complexity index is 562. The average molecular weight is 285 g/mol. The predicted molar refractivity (Wildman–Crippen MR) is 82.2 cm³/mol. The molecular formula is C17H23N3O. The van der Waals surface area contributed by atoms with E-state index < -0.39 is 0 Å². The molecule has 0 saturated heterocycles. The molecule has 112 valence electrons. The number of benzene rings is 1. The second-order valence-corrected chi connectivity index (χ2v) is 5.90. The third-order valence-corrected chi connectivity index (χ3v) is 4.06. The van der Waals surface area contributed by atoms with Crippen molar-refractivity contribution in [3.05, 3.63) is 47.6 Å². The molecule has 4 heteroatoms. The number of hydrogen-bond acceptors (Lipinski definition) is 4. The maximum Gasteiger partial charge on any atom is 0.231 e. The first-order chi connectivity index (χ1) is 10.3. The van der Waals surface area contributed by atoms with Crippen molar-refractivity contribution in [1.82, 2.24) is 15.5 Å². The third-order valence-electron chi connectivity index (χ3n) is 4.06. The van der Waals surface area contributed by atoms with Gasteiger partial charge in [0.05, 0.1) is 5.92 Å². The fourth-order valence-electron chi connectivity index (χ4n) is 2.63. The van der Waals surface area contributed by atoms with E-state index in [4.69, 9.17) is 4.52 Å². The van der Waals surface area contributed by atoms with Crippen molar-refractivity contribution in [2.45, 2.75) is 51.0 Å². The Labute approximate surface area is 126 Å². The molecule has 0 amide bonds. The van der Waals surface area contributed by atoms with Gasteiger partial charge in [-0.3, -0.25) is 0 Å². The highest BCUT2D eigenvalue weighted by atomic mass is 16.5. The van der Waals surface area contributed by atoms with Gasteiger partial charge in [0.25, 0.3) is 0 Å². The van der Waals surface area contributed by atoms with Crippen LogP contribution in [0.1, 0.15) is 68.3 Å². The molecule has 4 nitrogen and oxygen atoms in total. The van der Waals surface area contributed by atoms with Crippen molar-refractivity contribution in [3.63, 3.8) is 0 Å². The number of rotatable bonds is 7. The fraction of sp³-hybridized carbons (Fsp3) is 0.529. The van der Waals surface area contributed by atoms with Crippen LogP contribution >= 0.6 is 0 Å². The first-order valence-electron chi connectivity index (χ1n) is 7.91. The van der Waals surface area contributed by atoms with E-state index in [0.717, 1.165) is 24.7 Å². The van der Waals surface area contributed by atoms with Gasteiger partial charge in [-0.15, -0.1) is 0 Å². The second-order valence-electron chi connectivity index (χ2n) is 5.90. The van der Waals surface area contributed by atoms with Crippen LogP contribution in [0.2, 0.25) is 0 Å². The van der Waals surface area contributed by atoms with Gasteiger partial charge in [-0.05, 0) is 31.4 Å². The summed E-state index contributed by atoms with van der Waals surface area (Å²) in [5.74, 6) is 2.33. The summed E-state index contributed by atoms with van der Waals surface area (Å²) in [5.41, 5.74) is 1.27. The van der Waals surface area contributed by atoms with Gasteiger partial charge in [0, 0.05) is 12.0 Å². The molecule has 0 aliphatic heterocycles. The van der Waals surface area contributed by atoms with E-state index in [0.29, 0.717) is 5.92 Å². The SMILES string of the molecule is CCCNC(c1ccccc1)C(C)c1nc(C2CC2)no1. The highest BCUT2D eigenvalue weighted by Crippen LogP contribution is 2.39. The highest BCUT2D eigenvalue weighted by molar-refractivity contribution is 5.22. The van der Waals surface area contributed by atoms with Crippen LogP contribution in [0.25, 0.3) is 0 Å². The van der Waals surface area contributed by atoms with Crippen molar-refractivity contribution in [2.24, 2.45) is 0 Å². The Morgan fingerprint density at radius 2 is 2.05 bits per heavy atom. The summed E-state index contributed by atoms with van der Waals surface area (Å²) in [7, 11) is 0. The van der Waals surface area contributed by atoms with Crippen molar-refractivity contribution in [3.8, 4) is 0 Å². The molecular weight excluding hydrogens is 262 g/mol. The molecule has 2 unspecified atom stereocenters. The van der Waals surface area contributed by atoms with Crippen LogP contribution in [0.5, 0.6) is 0 Å². The van der Waals surface area contributed by atoms with Crippen LogP contribution in [-0.2, 0) is 0 Å². The van der Waals surface area contributed by atoms with Gasteiger partial charge in [-0.1, -0.05) is 49.3 Å². The summed E-state index contributed by atoms with van der Waals surface area (Å²) in [5, 5.41) is 7.75. The minimum absolute atomic E-state index is 0.166. The summed E-state index contributed by atoms with van der Waals surface area (Å²) in [6.45, 7) is 5.32. The lowest BCUT2D eigenvalue weighted by Crippen LogP contribution is -2.26. The molecule has 1 saturated carbocycles. The first kappa shape index (κ1) is 14.3. The van der Waals surface area contributed by atoms with E-state index in [1.165, 1.54) is 18.4 Å². The summed E-state index contributed by atoms with van der Waals surface area (Å²) < 4.78 is 5.51. The fourth-order valence-corrected chi connectivity index (χ4v) is 2.63. The van der Waals surface area contributed by atoms with Crippen LogP contribution < -0.4 is 5.32 Å². The average Bonchev–Trinajstić information content (AvgIpc) is 3.26. The Balaban J connectivity index is 1.80. The third kappa shape index (κ3) is 3.32. The Morgan fingerprint density at radius 3 is 2.71 bits per heavy atom. The van der Waals surface area contributed by atoms with E-state index in [1.807, 2.05) is 6.07 Å². The molecule has 0 radical (unpaired) electrons. The molecule has 21 heavy (non-hydrogen) atoms. The van der Waals surface area contributed by atoms with Gasteiger partial charge in [0.15, 0.2) is 5.82 Å². The Kier molecular flexibility index (Phi) is 4.34. The van der Waals surface area contributed by atoms with Crippen molar-refractivity contribution in [1.29, 1.82) is 0 Å². The molecule has 3 rings (SSSR count). The zero-order chi connectivity index (χ0) is 14.7. The Hall–Kier alpha value is -1.68. The monoisotopic (exact) mass is 285 g/mol. The maximum atomic E-state index is 5.51. The lowest BCUT2D eigenvalue weighted by molar-refractivity contribution is 0.323. The molecule has 1 aliphatic rings. The van der Waals surface area contributed by atoms with Crippen LogP contribution in [0.15, 0.2) is 34.9 Å². The number of hydrogen-bond donors (Lipinski definition) is 1. The van der Waals surface area contributed by atoms with Gasteiger partial charge >= 0.3 is 0 Å². The quantitative estimate of drug-likeness (QED) is 0.841. The van der Waals surface area contributed by atoms with Crippen LogP contribution in [-0.4, -0.2) is 16.7 Å². The molecule has 0 spiro atoms. The predicted octanol–water partition coefficient (Wildman–Crippen LogP) is 3.79. The second kappa shape index (κ2) is 6.39.